The third-order valence-corrected chi connectivity index (χ3v) is 6.10. The molecule has 7 nitrogen and oxygen atoms in total. The van der Waals surface area contributed by atoms with Gasteiger partial charge in [0.25, 0.3) is 11.5 Å². The average Bonchev–Trinajstić information content (AvgIpc) is 3.40. The van der Waals surface area contributed by atoms with Crippen LogP contribution in [0.3, 0.4) is 0 Å². The second-order valence-electron chi connectivity index (χ2n) is 7.01. The Hall–Kier alpha value is -2.91. The second-order valence-corrected chi connectivity index (χ2v) is 8.48. The molecule has 0 aliphatic carbocycles. The number of thiophene rings is 1. The largest absolute Gasteiger partial charge is 0.347 e. The Morgan fingerprint density at radius 3 is 2.72 bits per heavy atom. The second kappa shape index (κ2) is 8.22. The molecule has 4 aromatic rings. The lowest BCUT2D eigenvalue weighted by Gasteiger charge is -2.23. The molecule has 29 heavy (non-hydrogen) atoms. The molecule has 1 atom stereocenters. The van der Waals surface area contributed by atoms with E-state index in [1.54, 1.807) is 35.6 Å². The number of rotatable bonds is 6. The van der Waals surface area contributed by atoms with Crippen molar-refractivity contribution in [2.24, 2.45) is 5.92 Å². The molecule has 0 spiro atoms. The lowest BCUT2D eigenvalue weighted by Crippen LogP contribution is -2.44. The van der Waals surface area contributed by atoms with Gasteiger partial charge in [0.1, 0.15) is 16.7 Å². The Morgan fingerprint density at radius 2 is 1.97 bits per heavy atom. The van der Waals surface area contributed by atoms with Crippen LogP contribution in [0.5, 0.6) is 0 Å². The molecular weight excluding hydrogens is 406 g/mol. The van der Waals surface area contributed by atoms with E-state index in [1.807, 2.05) is 31.4 Å². The van der Waals surface area contributed by atoms with Crippen LogP contribution in [0.4, 0.5) is 0 Å². The van der Waals surface area contributed by atoms with E-state index in [1.165, 1.54) is 10.7 Å². The lowest BCUT2D eigenvalue weighted by molar-refractivity contribution is 0.0919. The van der Waals surface area contributed by atoms with E-state index in [2.05, 4.69) is 19.2 Å². The highest BCUT2D eigenvalue weighted by Gasteiger charge is 2.20. The fourth-order valence-corrected chi connectivity index (χ4v) is 4.13. The van der Waals surface area contributed by atoms with Gasteiger partial charge in [0.2, 0.25) is 0 Å². The van der Waals surface area contributed by atoms with E-state index in [4.69, 9.17) is 0 Å². The minimum atomic E-state index is -0.254. The number of amides is 1. The van der Waals surface area contributed by atoms with Crippen LogP contribution in [0.25, 0.3) is 21.6 Å². The van der Waals surface area contributed by atoms with Crippen LogP contribution in [0.1, 0.15) is 24.2 Å². The summed E-state index contributed by atoms with van der Waals surface area (Å²) in [5.74, 6) is -0.0937. The van der Waals surface area contributed by atoms with E-state index >= 15 is 0 Å². The van der Waals surface area contributed by atoms with Crippen molar-refractivity contribution < 1.29 is 4.79 Å². The molecule has 0 saturated carbocycles. The average molecular weight is 426 g/mol. The number of aromatic nitrogens is 4. The van der Waals surface area contributed by atoms with E-state index in [0.29, 0.717) is 17.6 Å². The van der Waals surface area contributed by atoms with Crippen molar-refractivity contribution in [3.05, 3.63) is 63.8 Å². The molecule has 0 fully saturated rings. The van der Waals surface area contributed by atoms with Crippen LogP contribution in [0, 0.1) is 5.92 Å². The van der Waals surface area contributed by atoms with Gasteiger partial charge < -0.3 is 5.32 Å². The fourth-order valence-electron chi connectivity index (χ4n) is 2.92. The van der Waals surface area contributed by atoms with Crippen LogP contribution in [0.2, 0.25) is 0 Å². The van der Waals surface area contributed by atoms with Gasteiger partial charge in [-0.25, -0.2) is 4.68 Å². The van der Waals surface area contributed by atoms with Crippen molar-refractivity contribution in [2.45, 2.75) is 26.4 Å². The SMILES string of the molecule is CC(C)[C@H](Cn1nc(-c2cccs2)ccc1=O)NC(=O)c1ccc2nsnc2c1. The first kappa shape index (κ1) is 19.4. The first-order valence-electron chi connectivity index (χ1n) is 9.16. The lowest BCUT2D eigenvalue weighted by atomic mass is 10.0. The number of carbonyl (C=O) groups is 1. The first-order valence-corrected chi connectivity index (χ1v) is 10.8. The number of hydrogen-bond donors (Lipinski definition) is 1. The number of carbonyl (C=O) groups excluding carboxylic acids is 1. The molecule has 0 saturated heterocycles. The van der Waals surface area contributed by atoms with Crippen molar-refractivity contribution in [3.63, 3.8) is 0 Å². The Kier molecular flexibility index (Phi) is 5.50. The van der Waals surface area contributed by atoms with Gasteiger partial charge in [0.05, 0.1) is 29.2 Å². The van der Waals surface area contributed by atoms with Gasteiger partial charge >= 0.3 is 0 Å². The molecule has 3 heterocycles. The van der Waals surface area contributed by atoms with Crippen LogP contribution in [-0.4, -0.2) is 30.5 Å². The molecule has 0 aliphatic rings. The quantitative estimate of drug-likeness (QED) is 0.511. The summed E-state index contributed by atoms with van der Waals surface area (Å²) in [4.78, 5) is 26.1. The van der Waals surface area contributed by atoms with Crippen molar-refractivity contribution in [1.29, 1.82) is 0 Å². The van der Waals surface area contributed by atoms with E-state index in [0.717, 1.165) is 27.8 Å². The molecule has 148 valence electrons. The van der Waals surface area contributed by atoms with Crippen LogP contribution >= 0.6 is 23.1 Å². The summed E-state index contributed by atoms with van der Waals surface area (Å²) in [6.07, 6.45) is 0. The highest BCUT2D eigenvalue weighted by atomic mass is 32.1. The van der Waals surface area contributed by atoms with Gasteiger partial charge in [-0.15, -0.1) is 11.3 Å². The van der Waals surface area contributed by atoms with Crippen molar-refractivity contribution in [3.8, 4) is 10.6 Å². The number of nitrogens with zero attached hydrogens (tertiary/aromatic N) is 4. The Bertz CT molecular complexity index is 1200. The maximum Gasteiger partial charge on any atom is 0.266 e. The Labute approximate surface area is 175 Å². The molecule has 0 unspecified atom stereocenters. The van der Waals surface area contributed by atoms with Gasteiger partial charge in [-0.2, -0.15) is 13.8 Å². The molecule has 0 bridgehead atoms. The van der Waals surface area contributed by atoms with Crippen LogP contribution in [-0.2, 0) is 6.54 Å². The molecule has 0 aliphatic heterocycles. The molecule has 9 heteroatoms. The topological polar surface area (TPSA) is 89.8 Å². The van der Waals surface area contributed by atoms with Gasteiger partial charge in [-0.1, -0.05) is 19.9 Å². The number of benzene rings is 1. The summed E-state index contributed by atoms with van der Waals surface area (Å²) >= 11 is 2.69. The van der Waals surface area contributed by atoms with Crippen LogP contribution in [0.15, 0.2) is 52.6 Å². The van der Waals surface area contributed by atoms with Crippen molar-refractivity contribution in [1.82, 2.24) is 23.8 Å². The maximum atomic E-state index is 12.8. The smallest absolute Gasteiger partial charge is 0.266 e. The normalized spacial score (nSPS) is 12.4. The molecule has 1 N–H and O–H groups in total. The molecule has 0 radical (unpaired) electrons. The summed E-state index contributed by atoms with van der Waals surface area (Å²) in [5, 5.41) is 9.51. The zero-order valence-corrected chi connectivity index (χ0v) is 17.5. The van der Waals surface area contributed by atoms with Gasteiger partial charge in [0, 0.05) is 11.6 Å². The first-order chi connectivity index (χ1) is 14.0. The standard InChI is InChI=1S/C20H19N5O2S2/c1-12(2)17(21-20(27)13-5-6-14-16(10-13)24-29-23-14)11-25-19(26)8-7-15(22-25)18-4-3-9-28-18/h3-10,12,17H,11H2,1-2H3,(H,21,27)/t17-/m0/s1. The molecule has 3 aromatic heterocycles. The molecule has 1 amide bonds. The highest BCUT2D eigenvalue weighted by Crippen LogP contribution is 2.21. The van der Waals surface area contributed by atoms with E-state index < -0.39 is 0 Å². The minimum absolute atomic E-state index is 0.114. The zero-order valence-electron chi connectivity index (χ0n) is 15.9. The summed E-state index contributed by atoms with van der Waals surface area (Å²) in [7, 11) is 0. The predicted octanol–water partition coefficient (Wildman–Crippen LogP) is 3.43. The summed E-state index contributed by atoms with van der Waals surface area (Å²) in [6.45, 7) is 4.31. The molecule has 1 aromatic carbocycles. The number of nitrogens with one attached hydrogen (secondary N) is 1. The maximum absolute atomic E-state index is 12.8. The van der Waals surface area contributed by atoms with Gasteiger partial charge in [0.15, 0.2) is 0 Å². The zero-order chi connectivity index (χ0) is 20.4. The minimum Gasteiger partial charge on any atom is -0.347 e. The van der Waals surface area contributed by atoms with Gasteiger partial charge in [-0.3, -0.25) is 9.59 Å². The van der Waals surface area contributed by atoms with E-state index in [-0.39, 0.29) is 23.4 Å². The summed E-state index contributed by atoms with van der Waals surface area (Å²) < 4.78 is 9.77. The number of hydrogen-bond acceptors (Lipinski definition) is 7. The Balaban J connectivity index is 1.56. The molecule has 4 rings (SSSR count). The fraction of sp³-hybridized carbons (Fsp3) is 0.250. The summed E-state index contributed by atoms with van der Waals surface area (Å²) in [6, 6.07) is 12.2. The van der Waals surface area contributed by atoms with Crippen molar-refractivity contribution >= 4 is 40.0 Å². The van der Waals surface area contributed by atoms with Gasteiger partial charge in [-0.05, 0) is 41.6 Å². The third-order valence-electron chi connectivity index (χ3n) is 4.65. The molecular formula is C20H19N5O2S2. The van der Waals surface area contributed by atoms with Crippen molar-refractivity contribution in [2.75, 3.05) is 0 Å². The van der Waals surface area contributed by atoms with E-state index in [9.17, 15) is 9.59 Å². The monoisotopic (exact) mass is 425 g/mol. The summed E-state index contributed by atoms with van der Waals surface area (Å²) in [5.41, 5.74) is 2.54. The third kappa shape index (κ3) is 4.25. The van der Waals surface area contributed by atoms with Crippen LogP contribution < -0.4 is 10.9 Å². The highest BCUT2D eigenvalue weighted by molar-refractivity contribution is 7.13. The predicted molar refractivity (Wildman–Crippen MR) is 115 cm³/mol. The Morgan fingerprint density at radius 1 is 1.14 bits per heavy atom. The number of fused-ring (bicyclic) bond motifs is 1.